The molecule has 0 bridgehead atoms. The van der Waals surface area contributed by atoms with Gasteiger partial charge in [-0.15, -0.1) is 0 Å². The Kier molecular flexibility index (Phi) is 4.71. The van der Waals surface area contributed by atoms with Crippen molar-refractivity contribution in [2.75, 3.05) is 26.2 Å². The van der Waals surface area contributed by atoms with E-state index in [0.29, 0.717) is 0 Å². The number of aryl methyl sites for hydroxylation is 2. The summed E-state index contributed by atoms with van der Waals surface area (Å²) in [5.74, 6) is -2.66. The topological polar surface area (TPSA) is 44.5 Å². The number of hydrogen-bond acceptors (Lipinski definition) is 4. The number of piperidine rings is 1. The Balaban J connectivity index is 1.55. The van der Waals surface area contributed by atoms with E-state index in [0.717, 1.165) is 38.2 Å². The van der Waals surface area contributed by atoms with E-state index in [9.17, 15) is 13.9 Å². The number of halogens is 2. The molecule has 1 atom stereocenters. The lowest BCUT2D eigenvalue weighted by Crippen LogP contribution is -2.47. The van der Waals surface area contributed by atoms with Gasteiger partial charge in [-0.2, -0.15) is 5.10 Å². The predicted octanol–water partition coefficient (Wildman–Crippen LogP) is 1.39. The summed E-state index contributed by atoms with van der Waals surface area (Å²) in [7, 11) is 1.92. The molecule has 0 saturated carbocycles. The zero-order chi connectivity index (χ0) is 16.6. The van der Waals surface area contributed by atoms with Crippen LogP contribution in [0.5, 0.6) is 0 Å². The average Bonchev–Trinajstić information content (AvgIpc) is 2.98. The van der Waals surface area contributed by atoms with Crippen molar-refractivity contribution in [3.05, 3.63) is 17.5 Å². The highest BCUT2D eigenvalue weighted by Gasteiger charge is 2.47. The summed E-state index contributed by atoms with van der Waals surface area (Å²) in [6, 6.07) is -0.228. The second kappa shape index (κ2) is 6.45. The molecule has 0 amide bonds. The molecule has 23 heavy (non-hydrogen) atoms. The zero-order valence-electron chi connectivity index (χ0n) is 13.9. The van der Waals surface area contributed by atoms with Crippen molar-refractivity contribution in [2.24, 2.45) is 7.05 Å². The van der Waals surface area contributed by atoms with Crippen LogP contribution in [0, 0.1) is 6.92 Å². The molecule has 7 heteroatoms. The number of aromatic nitrogens is 2. The molecule has 1 N–H and O–H groups in total. The van der Waals surface area contributed by atoms with Gasteiger partial charge in [0.05, 0.1) is 18.8 Å². The van der Waals surface area contributed by atoms with E-state index in [-0.39, 0.29) is 31.7 Å². The minimum Gasteiger partial charge on any atom is -0.395 e. The molecular formula is C16H26F2N4O. The van der Waals surface area contributed by atoms with Gasteiger partial charge in [0.15, 0.2) is 0 Å². The standard InChI is InChI=1S/C16H26F2N4O/c1-12-13(8-20(2)19-12)9-21-5-3-14(4-6-21)22-11-16(17,18)7-15(22)10-23/h8,14-15,23H,3-7,9-11H2,1-2H3/t15-/m0/s1. The quantitative estimate of drug-likeness (QED) is 0.907. The average molecular weight is 328 g/mol. The largest absolute Gasteiger partial charge is 0.395 e. The molecule has 0 radical (unpaired) electrons. The number of hydrogen-bond donors (Lipinski definition) is 1. The van der Waals surface area contributed by atoms with Crippen molar-refractivity contribution in [3.8, 4) is 0 Å². The number of aliphatic hydroxyl groups is 1. The summed E-state index contributed by atoms with van der Waals surface area (Å²) in [5.41, 5.74) is 2.28. The molecule has 0 aliphatic carbocycles. The van der Waals surface area contributed by atoms with Crippen LogP contribution >= 0.6 is 0 Å². The van der Waals surface area contributed by atoms with Gasteiger partial charge in [0.1, 0.15) is 0 Å². The van der Waals surface area contributed by atoms with Crippen LogP contribution in [0.3, 0.4) is 0 Å². The Hall–Kier alpha value is -1.05. The van der Waals surface area contributed by atoms with Gasteiger partial charge < -0.3 is 5.11 Å². The first-order valence-electron chi connectivity index (χ1n) is 8.34. The van der Waals surface area contributed by atoms with Gasteiger partial charge in [0.2, 0.25) is 0 Å². The Labute approximate surface area is 135 Å². The van der Waals surface area contributed by atoms with Gasteiger partial charge in [-0.1, -0.05) is 0 Å². The Morgan fingerprint density at radius 1 is 1.35 bits per heavy atom. The SMILES string of the molecule is Cc1nn(C)cc1CN1CCC(N2CC(F)(F)C[C@H]2CO)CC1. The molecule has 0 unspecified atom stereocenters. The van der Waals surface area contributed by atoms with Crippen LogP contribution in [0.25, 0.3) is 0 Å². The van der Waals surface area contributed by atoms with E-state index in [1.54, 1.807) is 0 Å². The highest BCUT2D eigenvalue weighted by Crippen LogP contribution is 2.35. The molecule has 2 aliphatic rings. The maximum atomic E-state index is 13.6. The lowest BCUT2D eigenvalue weighted by atomic mass is 10.0. The van der Waals surface area contributed by atoms with Crippen LogP contribution in [-0.4, -0.2) is 68.9 Å². The van der Waals surface area contributed by atoms with Gasteiger partial charge >= 0.3 is 0 Å². The molecule has 3 rings (SSSR count). The van der Waals surface area contributed by atoms with Crippen LogP contribution in [0.4, 0.5) is 8.78 Å². The van der Waals surface area contributed by atoms with Crippen LogP contribution in [0.1, 0.15) is 30.5 Å². The number of aliphatic hydroxyl groups excluding tert-OH is 1. The summed E-state index contributed by atoms with van der Waals surface area (Å²) >= 11 is 0. The van der Waals surface area contributed by atoms with Gasteiger partial charge in [0, 0.05) is 43.9 Å². The smallest absolute Gasteiger partial charge is 0.262 e. The fraction of sp³-hybridized carbons (Fsp3) is 0.812. The maximum absolute atomic E-state index is 13.6. The number of nitrogens with zero attached hydrogens (tertiary/aromatic N) is 4. The van der Waals surface area contributed by atoms with Gasteiger partial charge in [-0.05, 0) is 32.9 Å². The van der Waals surface area contributed by atoms with Crippen LogP contribution in [-0.2, 0) is 13.6 Å². The first-order chi connectivity index (χ1) is 10.9. The lowest BCUT2D eigenvalue weighted by Gasteiger charge is -2.38. The first kappa shape index (κ1) is 16.8. The van der Waals surface area contributed by atoms with E-state index < -0.39 is 5.92 Å². The third-order valence-corrected chi connectivity index (χ3v) is 5.16. The molecule has 2 aliphatic heterocycles. The van der Waals surface area contributed by atoms with Gasteiger partial charge in [-0.3, -0.25) is 14.5 Å². The minimum absolute atomic E-state index is 0.159. The van der Waals surface area contributed by atoms with E-state index >= 15 is 0 Å². The highest BCUT2D eigenvalue weighted by molar-refractivity contribution is 5.15. The molecule has 0 spiro atoms. The maximum Gasteiger partial charge on any atom is 0.262 e. The second-order valence-corrected chi connectivity index (χ2v) is 6.99. The Morgan fingerprint density at radius 3 is 2.61 bits per heavy atom. The number of rotatable bonds is 4. The molecule has 1 aromatic heterocycles. The zero-order valence-corrected chi connectivity index (χ0v) is 13.9. The second-order valence-electron chi connectivity index (χ2n) is 6.99. The molecule has 3 heterocycles. The van der Waals surface area contributed by atoms with Crippen molar-refractivity contribution in [1.82, 2.24) is 19.6 Å². The van der Waals surface area contributed by atoms with Crippen molar-refractivity contribution in [1.29, 1.82) is 0 Å². The molecule has 130 valence electrons. The van der Waals surface area contributed by atoms with E-state index in [4.69, 9.17) is 0 Å². The van der Waals surface area contributed by atoms with Crippen molar-refractivity contribution >= 4 is 0 Å². The van der Waals surface area contributed by atoms with Crippen LogP contribution in [0.2, 0.25) is 0 Å². The third-order valence-electron chi connectivity index (χ3n) is 5.16. The predicted molar refractivity (Wildman–Crippen MR) is 83.4 cm³/mol. The van der Waals surface area contributed by atoms with Crippen LogP contribution < -0.4 is 0 Å². The fourth-order valence-corrected chi connectivity index (χ4v) is 3.97. The molecule has 2 saturated heterocycles. The molecule has 2 fully saturated rings. The summed E-state index contributed by atoms with van der Waals surface area (Å²) < 4.78 is 29.1. The van der Waals surface area contributed by atoms with Crippen LogP contribution in [0.15, 0.2) is 6.20 Å². The number of alkyl halides is 2. The summed E-state index contributed by atoms with van der Waals surface area (Å²) in [6.45, 7) is 4.31. The third kappa shape index (κ3) is 3.72. The monoisotopic (exact) mass is 328 g/mol. The highest BCUT2D eigenvalue weighted by atomic mass is 19.3. The van der Waals surface area contributed by atoms with Crippen molar-refractivity contribution in [2.45, 2.75) is 50.7 Å². The summed E-state index contributed by atoms with van der Waals surface area (Å²) in [5, 5.41) is 13.7. The van der Waals surface area contributed by atoms with Crippen molar-refractivity contribution in [3.63, 3.8) is 0 Å². The van der Waals surface area contributed by atoms with E-state index in [2.05, 4.69) is 10.00 Å². The lowest BCUT2D eigenvalue weighted by molar-refractivity contribution is 0.00266. The summed E-state index contributed by atoms with van der Waals surface area (Å²) in [4.78, 5) is 4.20. The molecule has 5 nitrogen and oxygen atoms in total. The minimum atomic E-state index is -2.66. The summed E-state index contributed by atoms with van der Waals surface area (Å²) in [6.07, 6.45) is 3.60. The Bertz CT molecular complexity index is 540. The molecule has 1 aromatic rings. The Morgan fingerprint density at radius 2 is 2.04 bits per heavy atom. The normalized spacial score (nSPS) is 26.9. The van der Waals surface area contributed by atoms with E-state index in [1.165, 1.54) is 5.56 Å². The number of likely N-dealkylation sites (tertiary alicyclic amines) is 2. The van der Waals surface area contributed by atoms with E-state index in [1.807, 2.05) is 29.7 Å². The first-order valence-corrected chi connectivity index (χ1v) is 8.34. The van der Waals surface area contributed by atoms with Gasteiger partial charge in [-0.25, -0.2) is 8.78 Å². The van der Waals surface area contributed by atoms with Crippen molar-refractivity contribution < 1.29 is 13.9 Å². The molecular weight excluding hydrogens is 302 g/mol. The molecule has 0 aromatic carbocycles. The fourth-order valence-electron chi connectivity index (χ4n) is 3.97. The van der Waals surface area contributed by atoms with Gasteiger partial charge in [0.25, 0.3) is 5.92 Å².